The SMILES string of the molecule is O=C(N[C@@H](Cc1c[nH]c2ccccc12)C(=O)[O-])c1ccc(C(=O)N[C@H](Cc2c[nH]c3ccccc23)C(=O)[O-])cc1. The summed E-state index contributed by atoms with van der Waals surface area (Å²) in [4.78, 5) is 55.3. The van der Waals surface area contributed by atoms with Crippen LogP contribution in [0.5, 0.6) is 0 Å². The van der Waals surface area contributed by atoms with Gasteiger partial charge in [-0.3, -0.25) is 9.59 Å². The van der Waals surface area contributed by atoms with Gasteiger partial charge in [0.1, 0.15) is 0 Å². The topological polar surface area (TPSA) is 170 Å². The molecule has 0 aliphatic carbocycles. The van der Waals surface area contributed by atoms with Crippen molar-refractivity contribution in [1.82, 2.24) is 20.6 Å². The Bertz CT molecular complexity index is 1590. The number of hydrogen-bond donors (Lipinski definition) is 4. The monoisotopic (exact) mass is 536 g/mol. The molecule has 2 aromatic heterocycles. The molecule has 10 nitrogen and oxygen atoms in total. The highest BCUT2D eigenvalue weighted by atomic mass is 16.4. The van der Waals surface area contributed by atoms with Gasteiger partial charge < -0.3 is 40.4 Å². The molecule has 10 heteroatoms. The highest BCUT2D eigenvalue weighted by Crippen LogP contribution is 2.20. The fourth-order valence-corrected chi connectivity index (χ4v) is 4.68. The summed E-state index contributed by atoms with van der Waals surface area (Å²) in [7, 11) is 0. The van der Waals surface area contributed by atoms with Gasteiger partial charge in [0.15, 0.2) is 0 Å². The molecule has 0 spiro atoms. The normalized spacial score (nSPS) is 12.6. The van der Waals surface area contributed by atoms with E-state index in [1.54, 1.807) is 12.4 Å². The number of para-hydroxylation sites is 2. The van der Waals surface area contributed by atoms with Crippen molar-refractivity contribution in [3.63, 3.8) is 0 Å². The zero-order valence-electron chi connectivity index (χ0n) is 21.1. The maximum Gasteiger partial charge on any atom is 0.251 e. The smallest absolute Gasteiger partial charge is 0.251 e. The average Bonchev–Trinajstić information content (AvgIpc) is 3.56. The van der Waals surface area contributed by atoms with E-state index in [9.17, 15) is 29.4 Å². The lowest BCUT2D eigenvalue weighted by atomic mass is 10.0. The van der Waals surface area contributed by atoms with Gasteiger partial charge in [-0.25, -0.2) is 0 Å². The van der Waals surface area contributed by atoms with Crippen LogP contribution in [-0.4, -0.2) is 45.8 Å². The van der Waals surface area contributed by atoms with Crippen LogP contribution in [0, 0.1) is 0 Å². The largest absolute Gasteiger partial charge is 0.548 e. The van der Waals surface area contributed by atoms with Crippen molar-refractivity contribution in [2.24, 2.45) is 0 Å². The Morgan fingerprint density at radius 3 is 1.35 bits per heavy atom. The first-order chi connectivity index (χ1) is 19.3. The van der Waals surface area contributed by atoms with E-state index in [0.29, 0.717) is 11.1 Å². The fourth-order valence-electron chi connectivity index (χ4n) is 4.68. The number of amides is 2. The number of carboxylic acid groups (broad SMARTS) is 2. The van der Waals surface area contributed by atoms with E-state index in [1.807, 2.05) is 48.5 Å². The molecule has 3 aromatic carbocycles. The van der Waals surface area contributed by atoms with Gasteiger partial charge in [-0.2, -0.15) is 0 Å². The van der Waals surface area contributed by atoms with Gasteiger partial charge in [0.25, 0.3) is 11.8 Å². The Hall–Kier alpha value is -5.38. The Labute approximate surface area is 228 Å². The number of H-pyrrole nitrogens is 2. The average molecular weight is 537 g/mol. The Kier molecular flexibility index (Phi) is 7.32. The second kappa shape index (κ2) is 11.2. The van der Waals surface area contributed by atoms with Gasteiger partial charge in [-0.05, 0) is 47.5 Å². The Morgan fingerprint density at radius 2 is 0.975 bits per heavy atom. The zero-order valence-corrected chi connectivity index (χ0v) is 21.1. The molecule has 2 atom stereocenters. The molecule has 0 fully saturated rings. The highest BCUT2D eigenvalue weighted by Gasteiger charge is 2.20. The molecule has 202 valence electrons. The second-order valence-corrected chi connectivity index (χ2v) is 9.39. The molecule has 0 aliphatic heterocycles. The minimum absolute atomic E-state index is 0.0135. The maximum atomic E-state index is 12.8. The minimum Gasteiger partial charge on any atom is -0.548 e. The fraction of sp³-hybridized carbons (Fsp3) is 0.133. The summed E-state index contributed by atoms with van der Waals surface area (Å²) in [6.07, 6.45) is 3.41. The summed E-state index contributed by atoms with van der Waals surface area (Å²) in [5.41, 5.74) is 3.36. The number of aromatic nitrogens is 2. The molecular formula is C30H24N4O6-2. The molecule has 0 radical (unpaired) electrons. The second-order valence-electron chi connectivity index (χ2n) is 9.39. The number of fused-ring (bicyclic) bond motifs is 2. The maximum absolute atomic E-state index is 12.8. The lowest BCUT2D eigenvalue weighted by molar-refractivity contribution is -0.309. The van der Waals surface area contributed by atoms with Crippen molar-refractivity contribution in [3.8, 4) is 0 Å². The molecule has 0 unspecified atom stereocenters. The third-order valence-electron chi connectivity index (χ3n) is 6.79. The molecule has 0 saturated heterocycles. The van der Waals surface area contributed by atoms with Crippen LogP contribution in [0.3, 0.4) is 0 Å². The summed E-state index contributed by atoms with van der Waals surface area (Å²) in [5, 5.41) is 30.2. The zero-order chi connectivity index (χ0) is 28.2. The first kappa shape index (κ1) is 26.2. The molecule has 0 aliphatic rings. The van der Waals surface area contributed by atoms with Crippen molar-refractivity contribution in [3.05, 3.63) is 107 Å². The molecule has 5 aromatic rings. The van der Waals surface area contributed by atoms with Crippen LogP contribution in [0.2, 0.25) is 0 Å². The first-order valence-corrected chi connectivity index (χ1v) is 12.5. The number of rotatable bonds is 10. The van der Waals surface area contributed by atoms with Crippen LogP contribution < -0.4 is 20.8 Å². The highest BCUT2D eigenvalue weighted by molar-refractivity contribution is 6.00. The molecule has 0 saturated carbocycles. The predicted molar refractivity (Wildman–Crippen MR) is 143 cm³/mol. The van der Waals surface area contributed by atoms with E-state index in [4.69, 9.17) is 0 Å². The standard InChI is InChI=1S/C30H26N4O6/c35-27(33-25(29(37)38)13-19-15-31-23-7-3-1-5-21(19)23)17-9-11-18(12-10-17)28(36)34-26(30(39)40)14-20-16-32-24-8-4-2-6-22(20)24/h1-12,15-16,25-26,31-32H,13-14H2,(H,33,35)(H,34,36)(H,37,38)(H,39,40)/p-2/t25-,26+. The number of aromatic amines is 2. The van der Waals surface area contributed by atoms with Crippen molar-refractivity contribution in [2.45, 2.75) is 24.9 Å². The van der Waals surface area contributed by atoms with Crippen LogP contribution in [-0.2, 0) is 22.4 Å². The molecule has 40 heavy (non-hydrogen) atoms. The van der Waals surface area contributed by atoms with Crippen LogP contribution in [0.15, 0.2) is 85.2 Å². The number of hydrogen-bond acceptors (Lipinski definition) is 6. The molecule has 2 amide bonds. The van der Waals surface area contributed by atoms with Gasteiger partial charge in [0.2, 0.25) is 0 Å². The minimum atomic E-state index is -1.43. The number of carbonyl (C=O) groups is 4. The molecular weight excluding hydrogens is 512 g/mol. The summed E-state index contributed by atoms with van der Waals surface area (Å²) < 4.78 is 0. The van der Waals surface area contributed by atoms with Crippen LogP contribution in [0.4, 0.5) is 0 Å². The van der Waals surface area contributed by atoms with Gasteiger partial charge in [-0.1, -0.05) is 36.4 Å². The van der Waals surface area contributed by atoms with Gasteiger partial charge in [0.05, 0.1) is 24.0 Å². The van der Waals surface area contributed by atoms with Gasteiger partial charge >= 0.3 is 0 Å². The van der Waals surface area contributed by atoms with Crippen molar-refractivity contribution < 1.29 is 29.4 Å². The van der Waals surface area contributed by atoms with Crippen molar-refractivity contribution in [1.29, 1.82) is 0 Å². The summed E-state index contributed by atoms with van der Waals surface area (Å²) >= 11 is 0. The number of carboxylic acids is 2. The lowest BCUT2D eigenvalue weighted by Gasteiger charge is -2.20. The van der Waals surface area contributed by atoms with Crippen LogP contribution >= 0.6 is 0 Å². The molecule has 0 bridgehead atoms. The molecule has 4 N–H and O–H groups in total. The van der Waals surface area contributed by atoms with Crippen molar-refractivity contribution in [2.75, 3.05) is 0 Å². The molecule has 5 rings (SSSR count). The first-order valence-electron chi connectivity index (χ1n) is 12.5. The number of nitrogens with one attached hydrogen (secondary N) is 4. The number of benzene rings is 3. The third-order valence-corrected chi connectivity index (χ3v) is 6.79. The lowest BCUT2D eigenvalue weighted by Crippen LogP contribution is -2.49. The van der Waals surface area contributed by atoms with Crippen molar-refractivity contribution >= 4 is 45.6 Å². The van der Waals surface area contributed by atoms with Gasteiger partial charge in [0, 0.05) is 58.2 Å². The third kappa shape index (κ3) is 5.56. The predicted octanol–water partition coefficient (Wildman–Crippen LogP) is 0.831. The van der Waals surface area contributed by atoms with E-state index >= 15 is 0 Å². The number of aliphatic carboxylic acids is 2. The van der Waals surface area contributed by atoms with Crippen LogP contribution in [0.25, 0.3) is 21.8 Å². The van der Waals surface area contributed by atoms with E-state index in [2.05, 4.69) is 20.6 Å². The van der Waals surface area contributed by atoms with E-state index in [1.165, 1.54) is 24.3 Å². The molecule has 2 heterocycles. The number of carbonyl (C=O) groups excluding carboxylic acids is 4. The summed E-state index contributed by atoms with van der Waals surface area (Å²) in [6.45, 7) is 0. The quantitative estimate of drug-likeness (QED) is 0.206. The van der Waals surface area contributed by atoms with Gasteiger partial charge in [-0.15, -0.1) is 0 Å². The van der Waals surface area contributed by atoms with E-state index < -0.39 is 35.8 Å². The Morgan fingerprint density at radius 1 is 0.600 bits per heavy atom. The van der Waals surface area contributed by atoms with E-state index in [-0.39, 0.29) is 24.0 Å². The summed E-state index contributed by atoms with van der Waals surface area (Å²) in [5.74, 6) is -4.18. The summed E-state index contributed by atoms with van der Waals surface area (Å²) in [6, 6.07) is 17.7. The van der Waals surface area contributed by atoms with Crippen LogP contribution in [0.1, 0.15) is 31.8 Å². The van der Waals surface area contributed by atoms with E-state index in [0.717, 1.165) is 21.8 Å². The Balaban J connectivity index is 1.24.